The average Bonchev–Trinajstić information content (AvgIpc) is 2.08. The van der Waals surface area contributed by atoms with E-state index in [2.05, 4.69) is 0 Å². The van der Waals surface area contributed by atoms with Crippen molar-refractivity contribution in [2.24, 2.45) is 11.7 Å². The van der Waals surface area contributed by atoms with E-state index in [4.69, 9.17) is 15.2 Å². The lowest BCUT2D eigenvalue weighted by atomic mass is 10.0. The second-order valence-corrected chi connectivity index (χ2v) is 3.51. The van der Waals surface area contributed by atoms with Crippen molar-refractivity contribution in [3.63, 3.8) is 0 Å². The van der Waals surface area contributed by atoms with Crippen LogP contribution in [0, 0.1) is 5.92 Å². The molecule has 1 saturated heterocycles. The average molecular weight is 187 g/mol. The lowest BCUT2D eigenvalue weighted by molar-refractivity contribution is -0.174. The van der Waals surface area contributed by atoms with Gasteiger partial charge in [0.05, 0.1) is 13.2 Å². The summed E-state index contributed by atoms with van der Waals surface area (Å²) in [4.78, 5) is 11.3. The van der Waals surface area contributed by atoms with E-state index in [9.17, 15) is 4.79 Å². The third-order valence-electron chi connectivity index (χ3n) is 2.42. The normalized spacial score (nSPS) is 21.8. The first-order valence-electron chi connectivity index (χ1n) is 4.69. The summed E-state index contributed by atoms with van der Waals surface area (Å²) in [6, 6.07) is -0.495. The van der Waals surface area contributed by atoms with Gasteiger partial charge in [0.15, 0.2) is 0 Å². The minimum Gasteiger partial charge on any atom is -0.456 e. The molecule has 1 heterocycles. The van der Waals surface area contributed by atoms with Crippen LogP contribution in [-0.2, 0) is 14.3 Å². The molecule has 1 fully saturated rings. The van der Waals surface area contributed by atoms with Crippen LogP contribution in [0.15, 0.2) is 0 Å². The largest absolute Gasteiger partial charge is 0.456 e. The fourth-order valence-electron chi connectivity index (χ4n) is 1.01. The summed E-state index contributed by atoms with van der Waals surface area (Å²) < 4.78 is 9.97. The van der Waals surface area contributed by atoms with E-state index in [-0.39, 0.29) is 18.0 Å². The van der Waals surface area contributed by atoms with Crippen molar-refractivity contribution in [2.75, 3.05) is 13.2 Å². The van der Waals surface area contributed by atoms with Gasteiger partial charge in [-0.3, -0.25) is 4.79 Å². The van der Waals surface area contributed by atoms with Gasteiger partial charge in [-0.1, -0.05) is 20.3 Å². The molecule has 76 valence electrons. The number of nitrogens with two attached hydrogens (primary N) is 1. The molecule has 0 radical (unpaired) electrons. The summed E-state index contributed by atoms with van der Waals surface area (Å²) in [5.41, 5.74) is 5.68. The van der Waals surface area contributed by atoms with Gasteiger partial charge in [-0.05, 0) is 5.92 Å². The van der Waals surface area contributed by atoms with Gasteiger partial charge in [0.1, 0.15) is 12.1 Å². The van der Waals surface area contributed by atoms with E-state index in [1.807, 2.05) is 13.8 Å². The molecule has 1 aliphatic rings. The van der Waals surface area contributed by atoms with E-state index in [0.717, 1.165) is 6.42 Å². The zero-order valence-electron chi connectivity index (χ0n) is 8.16. The van der Waals surface area contributed by atoms with Gasteiger partial charge in [-0.15, -0.1) is 0 Å². The Hall–Kier alpha value is -0.610. The Kier molecular flexibility index (Phi) is 3.69. The molecule has 13 heavy (non-hydrogen) atoms. The van der Waals surface area contributed by atoms with Gasteiger partial charge in [-0.2, -0.15) is 0 Å². The summed E-state index contributed by atoms with van der Waals surface area (Å²) in [6.07, 6.45) is 0.819. The zero-order chi connectivity index (χ0) is 9.84. The standard InChI is InChI=1S/C9H17NO3/c1-3-6(2)8(10)9(11)13-7-4-12-5-7/h6-8H,3-5,10H2,1-2H3/t6?,8-/m0/s1. The number of esters is 1. The van der Waals surface area contributed by atoms with Gasteiger partial charge in [0.25, 0.3) is 0 Å². The first kappa shape index (κ1) is 10.5. The summed E-state index contributed by atoms with van der Waals surface area (Å²) in [5.74, 6) is -0.129. The highest BCUT2D eigenvalue weighted by molar-refractivity contribution is 5.76. The number of carbonyl (C=O) groups excluding carboxylic acids is 1. The molecule has 1 rings (SSSR count). The highest BCUT2D eigenvalue weighted by atomic mass is 16.6. The van der Waals surface area contributed by atoms with E-state index in [0.29, 0.717) is 13.2 Å². The molecule has 0 bridgehead atoms. The Labute approximate surface area is 78.4 Å². The molecule has 2 atom stereocenters. The fourth-order valence-corrected chi connectivity index (χ4v) is 1.01. The predicted octanol–water partition coefficient (Wildman–Crippen LogP) is 0.302. The van der Waals surface area contributed by atoms with E-state index >= 15 is 0 Å². The molecular weight excluding hydrogens is 170 g/mol. The zero-order valence-corrected chi connectivity index (χ0v) is 8.16. The Balaban J connectivity index is 2.28. The van der Waals surface area contributed by atoms with Crippen molar-refractivity contribution in [3.8, 4) is 0 Å². The van der Waals surface area contributed by atoms with Crippen LogP contribution < -0.4 is 5.73 Å². The van der Waals surface area contributed by atoms with Crippen LogP contribution in [0.1, 0.15) is 20.3 Å². The molecule has 0 aromatic rings. The third-order valence-corrected chi connectivity index (χ3v) is 2.42. The van der Waals surface area contributed by atoms with Crippen LogP contribution in [0.2, 0.25) is 0 Å². The van der Waals surface area contributed by atoms with Crippen molar-refractivity contribution >= 4 is 5.97 Å². The summed E-state index contributed by atoms with van der Waals surface area (Å²) in [6.45, 7) is 4.98. The van der Waals surface area contributed by atoms with Gasteiger partial charge in [0.2, 0.25) is 0 Å². The molecule has 2 N–H and O–H groups in total. The van der Waals surface area contributed by atoms with Crippen LogP contribution >= 0.6 is 0 Å². The predicted molar refractivity (Wildman–Crippen MR) is 48.1 cm³/mol. The molecular formula is C9H17NO3. The number of carbonyl (C=O) groups is 1. The Morgan fingerprint density at radius 1 is 1.69 bits per heavy atom. The highest BCUT2D eigenvalue weighted by Crippen LogP contribution is 2.11. The number of hydrogen-bond donors (Lipinski definition) is 1. The first-order valence-corrected chi connectivity index (χ1v) is 4.69. The fraction of sp³-hybridized carbons (Fsp3) is 0.889. The highest BCUT2D eigenvalue weighted by Gasteiger charge is 2.27. The maximum Gasteiger partial charge on any atom is 0.323 e. The van der Waals surface area contributed by atoms with E-state index in [1.165, 1.54) is 0 Å². The second-order valence-electron chi connectivity index (χ2n) is 3.51. The molecule has 1 unspecified atom stereocenters. The van der Waals surface area contributed by atoms with Crippen LogP contribution in [-0.4, -0.2) is 31.3 Å². The minimum atomic E-state index is -0.495. The molecule has 0 spiro atoms. The molecule has 4 nitrogen and oxygen atoms in total. The molecule has 0 aromatic carbocycles. The maximum absolute atomic E-state index is 11.3. The van der Waals surface area contributed by atoms with Gasteiger partial charge >= 0.3 is 5.97 Å². The summed E-state index contributed by atoms with van der Waals surface area (Å²) in [5, 5.41) is 0. The smallest absolute Gasteiger partial charge is 0.323 e. The van der Waals surface area contributed by atoms with Crippen LogP contribution in [0.3, 0.4) is 0 Å². The van der Waals surface area contributed by atoms with E-state index < -0.39 is 6.04 Å². The van der Waals surface area contributed by atoms with Gasteiger partial charge in [0, 0.05) is 0 Å². The van der Waals surface area contributed by atoms with Crippen molar-refractivity contribution < 1.29 is 14.3 Å². The van der Waals surface area contributed by atoms with Crippen LogP contribution in [0.25, 0.3) is 0 Å². The Morgan fingerprint density at radius 2 is 2.31 bits per heavy atom. The van der Waals surface area contributed by atoms with Crippen molar-refractivity contribution in [3.05, 3.63) is 0 Å². The summed E-state index contributed by atoms with van der Waals surface area (Å²) >= 11 is 0. The quantitative estimate of drug-likeness (QED) is 0.643. The summed E-state index contributed by atoms with van der Waals surface area (Å²) in [7, 11) is 0. The van der Waals surface area contributed by atoms with Crippen molar-refractivity contribution in [1.82, 2.24) is 0 Å². The lowest BCUT2D eigenvalue weighted by Gasteiger charge is -2.27. The maximum atomic E-state index is 11.3. The topological polar surface area (TPSA) is 61.6 Å². The Morgan fingerprint density at radius 3 is 2.69 bits per heavy atom. The lowest BCUT2D eigenvalue weighted by Crippen LogP contribution is -2.45. The number of ether oxygens (including phenoxy) is 2. The second kappa shape index (κ2) is 4.58. The third kappa shape index (κ3) is 2.67. The molecule has 1 aliphatic heterocycles. The number of rotatable bonds is 4. The molecule has 0 amide bonds. The van der Waals surface area contributed by atoms with Crippen molar-refractivity contribution in [2.45, 2.75) is 32.4 Å². The molecule has 0 aromatic heterocycles. The molecule has 4 heteroatoms. The van der Waals surface area contributed by atoms with Crippen LogP contribution in [0.5, 0.6) is 0 Å². The minimum absolute atomic E-state index is 0.0670. The number of hydrogen-bond acceptors (Lipinski definition) is 4. The van der Waals surface area contributed by atoms with Crippen LogP contribution in [0.4, 0.5) is 0 Å². The molecule has 0 saturated carbocycles. The Bertz CT molecular complexity index is 180. The van der Waals surface area contributed by atoms with Gasteiger partial charge in [-0.25, -0.2) is 0 Å². The van der Waals surface area contributed by atoms with Gasteiger partial charge < -0.3 is 15.2 Å². The van der Waals surface area contributed by atoms with Crippen molar-refractivity contribution in [1.29, 1.82) is 0 Å². The molecule has 0 aliphatic carbocycles. The first-order chi connectivity index (χ1) is 6.15. The van der Waals surface area contributed by atoms with E-state index in [1.54, 1.807) is 0 Å². The monoisotopic (exact) mass is 187 g/mol. The SMILES string of the molecule is CCC(C)[C@H](N)C(=O)OC1COC1.